The van der Waals surface area contributed by atoms with E-state index < -0.39 is 5.97 Å². The number of nitrogens with one attached hydrogen (secondary N) is 1. The number of hydrogen-bond donors (Lipinski definition) is 1. The normalized spacial score (nSPS) is 10.5. The van der Waals surface area contributed by atoms with Gasteiger partial charge in [0.25, 0.3) is 5.91 Å². The minimum atomic E-state index is -0.580. The SMILES string of the molecule is COc1cc(C(=O)OCCNC(=O)c2sc3ccccc3c2Cl)cc(OC)c1OC. The molecule has 0 radical (unpaired) electrons. The number of ether oxygens (including phenoxy) is 4. The van der Waals surface area contributed by atoms with Crippen LogP contribution in [0.25, 0.3) is 10.1 Å². The average molecular weight is 450 g/mol. The molecule has 0 aliphatic heterocycles. The van der Waals surface area contributed by atoms with Crippen LogP contribution in [0.5, 0.6) is 17.2 Å². The Hall–Kier alpha value is -2.97. The van der Waals surface area contributed by atoms with Gasteiger partial charge in [0, 0.05) is 10.1 Å². The minimum absolute atomic E-state index is 0.0102. The van der Waals surface area contributed by atoms with E-state index in [-0.39, 0.29) is 24.6 Å². The summed E-state index contributed by atoms with van der Waals surface area (Å²) in [5.41, 5.74) is 0.239. The van der Waals surface area contributed by atoms with Crippen molar-refractivity contribution < 1.29 is 28.5 Å². The standard InChI is InChI=1S/C21H20ClNO6S/c1-26-14-10-12(11-15(27-2)18(14)28-3)21(25)29-9-8-23-20(24)19-17(22)13-6-4-5-7-16(13)30-19/h4-7,10-11H,8-9H2,1-3H3,(H,23,24). The van der Waals surface area contributed by atoms with E-state index in [1.165, 1.54) is 44.8 Å². The number of benzene rings is 2. The number of halogens is 1. The van der Waals surface area contributed by atoms with Gasteiger partial charge in [-0.1, -0.05) is 29.8 Å². The van der Waals surface area contributed by atoms with E-state index in [1.807, 2.05) is 24.3 Å². The molecule has 1 aromatic heterocycles. The molecule has 0 bridgehead atoms. The van der Waals surface area contributed by atoms with Gasteiger partial charge in [0.1, 0.15) is 11.5 Å². The maximum atomic E-state index is 12.4. The van der Waals surface area contributed by atoms with Crippen LogP contribution < -0.4 is 19.5 Å². The molecule has 1 amide bonds. The summed E-state index contributed by atoms with van der Waals surface area (Å²) in [5, 5.41) is 3.97. The van der Waals surface area contributed by atoms with Gasteiger partial charge in [-0.05, 0) is 18.2 Å². The fraction of sp³-hybridized carbons (Fsp3) is 0.238. The number of carbonyl (C=O) groups excluding carboxylic acids is 2. The molecule has 2 aromatic carbocycles. The lowest BCUT2D eigenvalue weighted by Crippen LogP contribution is -2.27. The van der Waals surface area contributed by atoms with Crippen molar-refractivity contribution in [3.63, 3.8) is 0 Å². The number of fused-ring (bicyclic) bond motifs is 1. The molecule has 0 atom stereocenters. The second-order valence-corrected chi connectivity index (χ2v) is 7.48. The van der Waals surface area contributed by atoms with Crippen molar-refractivity contribution in [2.75, 3.05) is 34.5 Å². The van der Waals surface area contributed by atoms with E-state index in [0.717, 1.165) is 10.1 Å². The molecule has 30 heavy (non-hydrogen) atoms. The van der Waals surface area contributed by atoms with Crippen molar-refractivity contribution in [2.45, 2.75) is 0 Å². The first-order valence-electron chi connectivity index (χ1n) is 8.92. The molecule has 3 aromatic rings. The van der Waals surface area contributed by atoms with Crippen LogP contribution in [0.3, 0.4) is 0 Å². The van der Waals surface area contributed by atoms with Crippen molar-refractivity contribution >= 4 is 44.9 Å². The van der Waals surface area contributed by atoms with Crippen LogP contribution in [0.4, 0.5) is 0 Å². The number of rotatable bonds is 8. The van der Waals surface area contributed by atoms with Crippen molar-refractivity contribution in [3.8, 4) is 17.2 Å². The van der Waals surface area contributed by atoms with Crippen LogP contribution in [0.2, 0.25) is 5.02 Å². The van der Waals surface area contributed by atoms with Crippen LogP contribution in [-0.4, -0.2) is 46.4 Å². The van der Waals surface area contributed by atoms with Gasteiger partial charge in [-0.3, -0.25) is 4.79 Å². The van der Waals surface area contributed by atoms with E-state index >= 15 is 0 Å². The van der Waals surface area contributed by atoms with Gasteiger partial charge in [-0.25, -0.2) is 4.79 Å². The molecular formula is C21H20ClNO6S. The van der Waals surface area contributed by atoms with E-state index in [9.17, 15) is 9.59 Å². The van der Waals surface area contributed by atoms with Crippen molar-refractivity contribution in [1.29, 1.82) is 0 Å². The molecule has 0 aliphatic rings. The van der Waals surface area contributed by atoms with Gasteiger partial charge in [0.2, 0.25) is 5.75 Å². The van der Waals surface area contributed by atoms with Crippen LogP contribution in [0, 0.1) is 0 Å². The summed E-state index contributed by atoms with van der Waals surface area (Å²) < 4.78 is 21.9. The molecule has 1 N–H and O–H groups in total. The zero-order chi connectivity index (χ0) is 21.7. The van der Waals surface area contributed by atoms with Gasteiger partial charge in [0.15, 0.2) is 11.5 Å². The predicted molar refractivity (Wildman–Crippen MR) is 116 cm³/mol. The Balaban J connectivity index is 1.59. The minimum Gasteiger partial charge on any atom is -0.493 e. The first-order chi connectivity index (χ1) is 14.5. The van der Waals surface area contributed by atoms with Crippen LogP contribution in [0.1, 0.15) is 20.0 Å². The number of methoxy groups -OCH3 is 3. The van der Waals surface area contributed by atoms with E-state index in [0.29, 0.717) is 27.1 Å². The second kappa shape index (κ2) is 9.69. The molecule has 158 valence electrons. The van der Waals surface area contributed by atoms with Crippen LogP contribution in [-0.2, 0) is 4.74 Å². The highest BCUT2D eigenvalue weighted by Gasteiger charge is 2.19. The maximum absolute atomic E-state index is 12.4. The fourth-order valence-corrected chi connectivity index (χ4v) is 4.26. The highest BCUT2D eigenvalue weighted by Crippen LogP contribution is 2.38. The number of carbonyl (C=O) groups is 2. The number of hydrogen-bond acceptors (Lipinski definition) is 7. The lowest BCUT2D eigenvalue weighted by Gasteiger charge is -2.13. The maximum Gasteiger partial charge on any atom is 0.338 e. The Morgan fingerprint density at radius 3 is 2.30 bits per heavy atom. The van der Waals surface area contributed by atoms with Crippen molar-refractivity contribution in [1.82, 2.24) is 5.32 Å². The summed E-state index contributed by atoms with van der Waals surface area (Å²) in [5.74, 6) is 0.172. The number of thiophene rings is 1. The van der Waals surface area contributed by atoms with Crippen LogP contribution >= 0.6 is 22.9 Å². The smallest absolute Gasteiger partial charge is 0.338 e. The Kier molecular flexibility index (Phi) is 7.02. The van der Waals surface area contributed by atoms with E-state index in [4.69, 9.17) is 30.5 Å². The molecule has 3 rings (SSSR count). The zero-order valence-corrected chi connectivity index (χ0v) is 18.2. The lowest BCUT2D eigenvalue weighted by molar-refractivity contribution is 0.0502. The zero-order valence-electron chi connectivity index (χ0n) is 16.6. The first-order valence-corrected chi connectivity index (χ1v) is 10.1. The van der Waals surface area contributed by atoms with E-state index in [2.05, 4.69) is 5.32 Å². The molecule has 0 spiro atoms. The highest BCUT2D eigenvalue weighted by molar-refractivity contribution is 7.21. The van der Waals surface area contributed by atoms with Gasteiger partial charge in [-0.15, -0.1) is 11.3 Å². The van der Waals surface area contributed by atoms with E-state index in [1.54, 1.807) is 0 Å². The third-order valence-electron chi connectivity index (χ3n) is 4.26. The Morgan fingerprint density at radius 2 is 1.70 bits per heavy atom. The predicted octanol–water partition coefficient (Wildman–Crippen LogP) is 4.17. The summed E-state index contributed by atoms with van der Waals surface area (Å²) in [7, 11) is 4.39. The van der Waals surface area contributed by atoms with Crippen LogP contribution in [0.15, 0.2) is 36.4 Å². The fourth-order valence-electron chi connectivity index (χ4n) is 2.83. The molecule has 9 heteroatoms. The Morgan fingerprint density at radius 1 is 1.03 bits per heavy atom. The lowest BCUT2D eigenvalue weighted by atomic mass is 10.2. The molecule has 0 saturated carbocycles. The van der Waals surface area contributed by atoms with Gasteiger partial charge >= 0.3 is 5.97 Å². The quantitative estimate of drug-likeness (QED) is 0.410. The Labute approximate surface area is 182 Å². The highest BCUT2D eigenvalue weighted by atomic mass is 35.5. The summed E-state index contributed by atoms with van der Waals surface area (Å²) in [6.07, 6.45) is 0. The average Bonchev–Trinajstić information content (AvgIpc) is 3.12. The van der Waals surface area contributed by atoms with Gasteiger partial charge in [-0.2, -0.15) is 0 Å². The summed E-state index contributed by atoms with van der Waals surface area (Å²) in [6.45, 7) is 0.128. The molecule has 1 heterocycles. The monoisotopic (exact) mass is 449 g/mol. The molecule has 7 nitrogen and oxygen atoms in total. The molecule has 0 fully saturated rings. The third kappa shape index (κ3) is 4.44. The molecular weight excluding hydrogens is 430 g/mol. The Bertz CT molecular complexity index is 1060. The first kappa shape index (κ1) is 21.7. The number of amides is 1. The summed E-state index contributed by atoms with van der Waals surface area (Å²) in [4.78, 5) is 25.2. The molecule has 0 aliphatic carbocycles. The summed E-state index contributed by atoms with van der Waals surface area (Å²) >= 11 is 7.62. The topological polar surface area (TPSA) is 83.1 Å². The number of esters is 1. The second-order valence-electron chi connectivity index (χ2n) is 6.05. The van der Waals surface area contributed by atoms with Crippen molar-refractivity contribution in [2.24, 2.45) is 0 Å². The molecule has 0 unspecified atom stereocenters. The third-order valence-corrected chi connectivity index (χ3v) is 5.94. The van der Waals surface area contributed by atoms with Gasteiger partial charge < -0.3 is 24.3 Å². The summed E-state index contributed by atoms with van der Waals surface area (Å²) in [6, 6.07) is 10.5. The van der Waals surface area contributed by atoms with Gasteiger partial charge in [0.05, 0.1) is 38.5 Å². The van der Waals surface area contributed by atoms with Crippen molar-refractivity contribution in [3.05, 3.63) is 51.9 Å². The largest absolute Gasteiger partial charge is 0.493 e. The molecule has 0 saturated heterocycles.